The highest BCUT2D eigenvalue weighted by Gasteiger charge is 2.17. The second kappa shape index (κ2) is 7.50. The van der Waals surface area contributed by atoms with Crippen LogP contribution < -0.4 is 14.8 Å². The Bertz CT molecular complexity index is 414. The lowest BCUT2D eigenvalue weighted by atomic mass is 10.1. The van der Waals surface area contributed by atoms with Crippen molar-refractivity contribution in [1.82, 2.24) is 5.32 Å². The van der Waals surface area contributed by atoms with Gasteiger partial charge in [0.15, 0.2) is 0 Å². The number of benzene rings is 1. The van der Waals surface area contributed by atoms with Gasteiger partial charge in [-0.3, -0.25) is 0 Å². The number of methoxy groups -OCH3 is 1. The van der Waals surface area contributed by atoms with Gasteiger partial charge in [0.05, 0.1) is 20.3 Å². The van der Waals surface area contributed by atoms with Crippen molar-refractivity contribution < 1.29 is 14.2 Å². The predicted molar refractivity (Wildman–Crippen MR) is 79.4 cm³/mol. The Labute approximate surface area is 121 Å². The smallest absolute Gasteiger partial charge is 0.127 e. The second-order valence-electron chi connectivity index (χ2n) is 5.55. The molecule has 0 radical (unpaired) electrons. The molecule has 1 atom stereocenters. The minimum absolute atomic E-state index is 0.452. The van der Waals surface area contributed by atoms with Gasteiger partial charge in [-0.05, 0) is 12.5 Å². The largest absolute Gasteiger partial charge is 0.497 e. The second-order valence-corrected chi connectivity index (χ2v) is 5.55. The summed E-state index contributed by atoms with van der Waals surface area (Å²) < 4.78 is 16.7. The predicted octanol–water partition coefficient (Wildman–Crippen LogP) is 2.61. The molecular formula is C16H25NO3. The molecule has 112 valence electrons. The number of ether oxygens (including phenoxy) is 3. The van der Waals surface area contributed by atoms with Crippen LogP contribution in [0.25, 0.3) is 0 Å². The van der Waals surface area contributed by atoms with Gasteiger partial charge >= 0.3 is 0 Å². The lowest BCUT2D eigenvalue weighted by Crippen LogP contribution is -2.22. The fraction of sp³-hybridized carbons (Fsp3) is 0.625. The highest BCUT2D eigenvalue weighted by atomic mass is 16.5. The summed E-state index contributed by atoms with van der Waals surface area (Å²) in [6.07, 6.45) is 1.09. The molecule has 2 rings (SSSR count). The topological polar surface area (TPSA) is 39.7 Å². The van der Waals surface area contributed by atoms with Crippen molar-refractivity contribution in [3.05, 3.63) is 23.8 Å². The zero-order valence-electron chi connectivity index (χ0n) is 12.6. The Kier molecular flexibility index (Phi) is 5.68. The summed E-state index contributed by atoms with van der Waals surface area (Å²) in [5.41, 5.74) is 1.17. The van der Waals surface area contributed by atoms with E-state index in [0.29, 0.717) is 18.6 Å². The van der Waals surface area contributed by atoms with Crippen LogP contribution in [-0.2, 0) is 11.3 Å². The van der Waals surface area contributed by atoms with Crippen molar-refractivity contribution in [1.29, 1.82) is 0 Å². The first-order valence-electron chi connectivity index (χ1n) is 7.30. The molecule has 4 nitrogen and oxygen atoms in total. The molecule has 1 aromatic rings. The van der Waals surface area contributed by atoms with Crippen molar-refractivity contribution in [2.24, 2.45) is 5.92 Å². The van der Waals surface area contributed by atoms with E-state index in [9.17, 15) is 0 Å². The number of rotatable bonds is 7. The fourth-order valence-electron chi connectivity index (χ4n) is 2.18. The zero-order chi connectivity index (χ0) is 14.4. The van der Waals surface area contributed by atoms with E-state index in [-0.39, 0.29) is 0 Å². The van der Waals surface area contributed by atoms with Gasteiger partial charge in [0, 0.05) is 36.7 Å². The highest BCUT2D eigenvalue weighted by molar-refractivity contribution is 5.40. The maximum Gasteiger partial charge on any atom is 0.127 e. The van der Waals surface area contributed by atoms with Crippen molar-refractivity contribution in [2.45, 2.75) is 32.9 Å². The van der Waals surface area contributed by atoms with E-state index in [1.807, 2.05) is 12.1 Å². The van der Waals surface area contributed by atoms with Crippen LogP contribution in [0.4, 0.5) is 0 Å². The summed E-state index contributed by atoms with van der Waals surface area (Å²) in [7, 11) is 1.68. The van der Waals surface area contributed by atoms with E-state index in [1.54, 1.807) is 7.11 Å². The summed E-state index contributed by atoms with van der Waals surface area (Å²) in [4.78, 5) is 0. The lowest BCUT2D eigenvalue weighted by molar-refractivity contribution is 0.166. The minimum atomic E-state index is 0.452. The SMILES string of the molecule is COc1ccc(CNC(C)C)c(OCC2CCOC2)c1. The lowest BCUT2D eigenvalue weighted by Gasteiger charge is -2.16. The summed E-state index contributed by atoms with van der Waals surface area (Å²) >= 11 is 0. The fourth-order valence-corrected chi connectivity index (χ4v) is 2.18. The van der Waals surface area contributed by atoms with Gasteiger partial charge < -0.3 is 19.5 Å². The van der Waals surface area contributed by atoms with Gasteiger partial charge in [0.25, 0.3) is 0 Å². The average molecular weight is 279 g/mol. The molecule has 0 spiro atoms. The molecule has 1 fully saturated rings. The molecule has 0 aromatic heterocycles. The third-order valence-corrected chi connectivity index (χ3v) is 3.47. The standard InChI is InChI=1S/C16H25NO3/c1-12(2)17-9-14-4-5-15(18-3)8-16(14)20-11-13-6-7-19-10-13/h4-5,8,12-13,17H,6-7,9-11H2,1-3H3. The molecule has 1 N–H and O–H groups in total. The molecule has 0 amide bonds. The quantitative estimate of drug-likeness (QED) is 0.833. The molecule has 20 heavy (non-hydrogen) atoms. The maximum atomic E-state index is 6.00. The Morgan fingerprint density at radius 1 is 1.40 bits per heavy atom. The van der Waals surface area contributed by atoms with E-state index >= 15 is 0 Å². The first-order chi connectivity index (χ1) is 9.69. The van der Waals surface area contributed by atoms with Crippen LogP contribution in [0.15, 0.2) is 18.2 Å². The van der Waals surface area contributed by atoms with Crippen molar-refractivity contribution in [3.8, 4) is 11.5 Å². The third kappa shape index (κ3) is 4.39. The van der Waals surface area contributed by atoms with Crippen molar-refractivity contribution in [3.63, 3.8) is 0 Å². The normalized spacial score (nSPS) is 18.5. The molecule has 1 aliphatic heterocycles. The van der Waals surface area contributed by atoms with Gasteiger partial charge in [0.2, 0.25) is 0 Å². The highest BCUT2D eigenvalue weighted by Crippen LogP contribution is 2.26. The molecule has 0 bridgehead atoms. The maximum absolute atomic E-state index is 6.00. The molecule has 0 saturated carbocycles. The number of hydrogen-bond donors (Lipinski definition) is 1. The zero-order valence-corrected chi connectivity index (χ0v) is 12.6. The van der Waals surface area contributed by atoms with Crippen LogP contribution in [0.2, 0.25) is 0 Å². The molecule has 4 heteroatoms. The number of hydrogen-bond acceptors (Lipinski definition) is 4. The summed E-state index contributed by atoms with van der Waals surface area (Å²) in [6, 6.07) is 6.46. The molecule has 1 aliphatic rings. The molecule has 1 heterocycles. The monoisotopic (exact) mass is 279 g/mol. The average Bonchev–Trinajstić information content (AvgIpc) is 2.96. The van der Waals surface area contributed by atoms with E-state index in [4.69, 9.17) is 14.2 Å². The van der Waals surface area contributed by atoms with Gasteiger partial charge in [-0.2, -0.15) is 0 Å². The van der Waals surface area contributed by atoms with Gasteiger partial charge in [-0.25, -0.2) is 0 Å². The first-order valence-corrected chi connectivity index (χ1v) is 7.30. The molecular weight excluding hydrogens is 254 g/mol. The minimum Gasteiger partial charge on any atom is -0.497 e. The Morgan fingerprint density at radius 2 is 2.25 bits per heavy atom. The molecule has 1 unspecified atom stereocenters. The van der Waals surface area contributed by atoms with Crippen LogP contribution in [0.1, 0.15) is 25.8 Å². The Hall–Kier alpha value is -1.26. The van der Waals surface area contributed by atoms with E-state index in [0.717, 1.165) is 37.7 Å². The van der Waals surface area contributed by atoms with E-state index < -0.39 is 0 Å². The summed E-state index contributed by atoms with van der Waals surface area (Å²) in [6.45, 7) is 7.46. The van der Waals surface area contributed by atoms with E-state index in [1.165, 1.54) is 5.56 Å². The van der Waals surface area contributed by atoms with Crippen molar-refractivity contribution in [2.75, 3.05) is 26.9 Å². The molecule has 0 aliphatic carbocycles. The van der Waals surface area contributed by atoms with Gasteiger partial charge in [-0.1, -0.05) is 19.9 Å². The van der Waals surface area contributed by atoms with Crippen LogP contribution in [0.5, 0.6) is 11.5 Å². The van der Waals surface area contributed by atoms with E-state index in [2.05, 4.69) is 25.2 Å². The van der Waals surface area contributed by atoms with Crippen molar-refractivity contribution >= 4 is 0 Å². The summed E-state index contributed by atoms with van der Waals surface area (Å²) in [5.74, 6) is 2.24. The van der Waals surface area contributed by atoms with Crippen LogP contribution in [0.3, 0.4) is 0 Å². The van der Waals surface area contributed by atoms with Crippen LogP contribution in [0, 0.1) is 5.92 Å². The number of nitrogens with one attached hydrogen (secondary N) is 1. The van der Waals surface area contributed by atoms with Gasteiger partial charge in [-0.15, -0.1) is 0 Å². The van der Waals surface area contributed by atoms with Crippen LogP contribution >= 0.6 is 0 Å². The Balaban J connectivity index is 2.01. The first kappa shape index (κ1) is 15.1. The Morgan fingerprint density at radius 3 is 2.90 bits per heavy atom. The van der Waals surface area contributed by atoms with Gasteiger partial charge in [0.1, 0.15) is 11.5 Å². The molecule has 1 saturated heterocycles. The van der Waals surface area contributed by atoms with Crippen LogP contribution in [-0.4, -0.2) is 33.0 Å². The third-order valence-electron chi connectivity index (χ3n) is 3.47. The summed E-state index contributed by atoms with van der Waals surface area (Å²) in [5, 5.41) is 3.42. The molecule has 1 aromatic carbocycles.